The highest BCUT2D eigenvalue weighted by Gasteiger charge is 2.40. The average molecular weight is 1070 g/mol. The van der Waals surface area contributed by atoms with E-state index in [0.29, 0.717) is 25.7 Å². The summed E-state index contributed by atoms with van der Waals surface area (Å²) in [7, 11) is 1.38. The summed E-state index contributed by atoms with van der Waals surface area (Å²) in [4.78, 5) is 164. The van der Waals surface area contributed by atoms with Crippen LogP contribution < -0.4 is 65.5 Å². The second-order valence-corrected chi connectivity index (χ2v) is 18.9. The summed E-state index contributed by atoms with van der Waals surface area (Å²) in [6, 6.07) is -10.4. The molecule has 0 bridgehead atoms. The third kappa shape index (κ3) is 22.9. The number of nitrogens with one attached hydrogen (secondary N) is 8. The average Bonchev–Trinajstić information content (AvgIpc) is 3.84. The van der Waals surface area contributed by atoms with Crippen LogP contribution in [0.2, 0.25) is 0 Å². The lowest BCUT2D eigenvalue weighted by molar-refractivity contribution is -0.142. The Bertz CT molecular complexity index is 2050. The van der Waals surface area contributed by atoms with Crippen molar-refractivity contribution in [1.82, 2.24) is 52.3 Å². The highest BCUT2D eigenvalue weighted by atomic mass is 16.3. The number of hydrogen-bond donors (Lipinski definition) is 13. The van der Waals surface area contributed by atoms with Gasteiger partial charge in [-0.05, 0) is 64.2 Å². The Morgan fingerprint density at radius 1 is 0.667 bits per heavy atom. The van der Waals surface area contributed by atoms with Gasteiger partial charge in [0.2, 0.25) is 70.9 Å². The van der Waals surface area contributed by atoms with Gasteiger partial charge >= 0.3 is 0 Å². The molecule has 424 valence electrons. The molecule has 0 aromatic heterocycles. The number of guanidine groups is 1. The smallest absolute Gasteiger partial charge is 0.245 e. The maximum atomic E-state index is 14.2. The highest BCUT2D eigenvalue weighted by molar-refractivity contribution is 5.99. The van der Waals surface area contributed by atoms with E-state index in [-0.39, 0.29) is 64.1 Å². The molecular formula is C47H83N15O13. The number of likely N-dealkylation sites (N-methyl/N-ethyl adjacent to an activating group) is 1. The van der Waals surface area contributed by atoms with Crippen molar-refractivity contribution < 1.29 is 62.6 Å². The predicted molar refractivity (Wildman–Crippen MR) is 273 cm³/mol. The van der Waals surface area contributed by atoms with Crippen LogP contribution in [0.4, 0.5) is 0 Å². The molecule has 28 nitrogen and oxygen atoms in total. The molecule has 0 unspecified atom stereocenters. The number of primary amides is 2. The topological polar surface area (TPSA) is 444 Å². The maximum absolute atomic E-state index is 14.2. The minimum Gasteiger partial charge on any atom is -0.391 e. The van der Waals surface area contributed by atoms with E-state index in [9.17, 15) is 62.6 Å². The van der Waals surface area contributed by atoms with Gasteiger partial charge in [0.05, 0.1) is 19.2 Å². The number of aliphatic hydroxyl groups excluding tert-OH is 1. The van der Waals surface area contributed by atoms with Crippen LogP contribution in [0, 0.1) is 11.8 Å². The second kappa shape index (κ2) is 32.9. The zero-order valence-corrected chi connectivity index (χ0v) is 44.7. The maximum Gasteiger partial charge on any atom is 0.245 e. The minimum atomic E-state index is -1.71. The number of likely N-dealkylation sites (tertiary alicyclic amines) is 1. The third-order valence-corrected chi connectivity index (χ3v) is 12.7. The summed E-state index contributed by atoms with van der Waals surface area (Å²) in [6.07, 6.45) is -0.268. The molecule has 12 amide bonds. The van der Waals surface area contributed by atoms with Gasteiger partial charge in [-0.2, -0.15) is 0 Å². The van der Waals surface area contributed by atoms with Crippen LogP contribution in [-0.2, 0) is 57.5 Å². The Kier molecular flexibility index (Phi) is 28.9. The number of nitrogens with zero attached hydrogens (tertiary/aromatic N) is 3. The first-order chi connectivity index (χ1) is 35.1. The van der Waals surface area contributed by atoms with E-state index in [1.165, 1.54) is 32.7 Å². The van der Waals surface area contributed by atoms with Gasteiger partial charge in [-0.15, -0.1) is 0 Å². The number of carbonyl (C=O) groups excluding carboxylic acids is 12. The van der Waals surface area contributed by atoms with Crippen LogP contribution in [0.1, 0.15) is 120 Å². The lowest BCUT2D eigenvalue weighted by Crippen LogP contribution is -2.63. The lowest BCUT2D eigenvalue weighted by atomic mass is 9.96. The number of aliphatic hydroxyl groups is 1. The lowest BCUT2D eigenvalue weighted by Gasteiger charge is -2.32. The number of nitrogens with two attached hydrogens (primary N) is 4. The first kappa shape index (κ1) is 65.9. The molecule has 0 saturated carbocycles. The van der Waals surface area contributed by atoms with Crippen LogP contribution in [-0.4, -0.2) is 179 Å². The van der Waals surface area contributed by atoms with E-state index in [4.69, 9.17) is 22.9 Å². The Labute approximate surface area is 437 Å². The van der Waals surface area contributed by atoms with Gasteiger partial charge < -0.3 is 80.4 Å². The molecule has 75 heavy (non-hydrogen) atoms. The Morgan fingerprint density at radius 3 is 1.68 bits per heavy atom. The Hall–Kier alpha value is -7.13. The normalized spacial score (nSPS) is 17.0. The molecule has 11 atom stereocenters. The molecule has 1 saturated heterocycles. The molecule has 0 radical (unpaired) electrons. The van der Waals surface area contributed by atoms with Gasteiger partial charge in [0.15, 0.2) is 5.96 Å². The molecule has 1 rings (SSSR count). The van der Waals surface area contributed by atoms with Gasteiger partial charge in [-0.1, -0.05) is 53.9 Å². The summed E-state index contributed by atoms with van der Waals surface area (Å²) in [5.74, 6) is -10.5. The monoisotopic (exact) mass is 1070 g/mol. The zero-order chi connectivity index (χ0) is 57.3. The Balaban J connectivity index is 3.38. The van der Waals surface area contributed by atoms with Gasteiger partial charge in [-0.25, -0.2) is 0 Å². The van der Waals surface area contributed by atoms with Gasteiger partial charge in [0.25, 0.3) is 0 Å². The van der Waals surface area contributed by atoms with Crippen molar-refractivity contribution in [3.05, 3.63) is 0 Å². The summed E-state index contributed by atoms with van der Waals surface area (Å²) in [5.41, 5.74) is 21.6. The fourth-order valence-corrected chi connectivity index (χ4v) is 7.65. The molecule has 0 aromatic rings. The molecule has 0 aliphatic carbocycles. The summed E-state index contributed by atoms with van der Waals surface area (Å²) in [6.45, 7) is 11.7. The molecule has 28 heteroatoms. The molecule has 1 aliphatic heterocycles. The minimum absolute atomic E-state index is 0.0179. The number of carbonyl (C=O) groups is 12. The van der Waals surface area contributed by atoms with Crippen molar-refractivity contribution in [2.24, 2.45) is 39.8 Å². The van der Waals surface area contributed by atoms with E-state index in [2.05, 4.69) is 47.5 Å². The quantitative estimate of drug-likeness (QED) is 0.0166. The van der Waals surface area contributed by atoms with Crippen LogP contribution >= 0.6 is 0 Å². The van der Waals surface area contributed by atoms with Gasteiger partial charge in [-0.3, -0.25) is 62.5 Å². The largest absolute Gasteiger partial charge is 0.391 e. The predicted octanol–water partition coefficient (Wildman–Crippen LogP) is -4.94. The molecule has 1 fully saturated rings. The van der Waals surface area contributed by atoms with Crippen molar-refractivity contribution >= 4 is 76.8 Å². The van der Waals surface area contributed by atoms with Crippen LogP contribution in [0.25, 0.3) is 0 Å². The fraction of sp³-hybridized carbons (Fsp3) is 0.723. The van der Waals surface area contributed by atoms with Crippen molar-refractivity contribution in [3.8, 4) is 0 Å². The van der Waals surface area contributed by atoms with E-state index in [1.54, 1.807) is 34.6 Å². The number of hydrogen-bond acceptors (Lipinski definition) is 14. The van der Waals surface area contributed by atoms with Gasteiger partial charge in [0.1, 0.15) is 48.3 Å². The second-order valence-electron chi connectivity index (χ2n) is 18.9. The van der Waals surface area contributed by atoms with E-state index >= 15 is 0 Å². The van der Waals surface area contributed by atoms with Gasteiger partial charge in [0, 0.05) is 33.5 Å². The molecule has 1 heterocycles. The van der Waals surface area contributed by atoms with E-state index in [0.717, 1.165) is 4.90 Å². The third-order valence-electron chi connectivity index (χ3n) is 12.7. The summed E-state index contributed by atoms with van der Waals surface area (Å²) >= 11 is 0. The number of amides is 12. The molecular weight excluding hydrogens is 983 g/mol. The zero-order valence-electron chi connectivity index (χ0n) is 44.7. The van der Waals surface area contributed by atoms with Crippen molar-refractivity contribution in [3.63, 3.8) is 0 Å². The fourth-order valence-electron chi connectivity index (χ4n) is 7.65. The molecule has 1 aliphatic rings. The molecule has 0 aromatic carbocycles. The standard InChI is InChI=1S/C47H83N15O13/c1-10-15-29(40(69)58-36(24(4)11-2)43(72)57-31(16-13-20-52-47(50)51)46(75)62-21-14-17-32(62)42(71)54-26(6)39(49)68)56-45(74)38(27(7)63)60-44(73)37(25(5)12-3)59-41(70)30(18-19-33(48)65)55-34(66)22-53-35(67)23-61(9)28(8)64/h24-27,29-32,36-38,63H,10-23H2,1-9H3,(H2,48,65)(H2,49,68)(H,53,67)(H,54,71)(H,55,66)(H,56,74)(H,57,72)(H,58,69)(H,59,70)(H,60,73)(H4,50,51,52)/t24-,25-,26+,27+,29-,30-,31-,32-,36-,37+,38-/m0/s1. The van der Waals surface area contributed by atoms with Crippen molar-refractivity contribution in [2.45, 2.75) is 174 Å². The van der Waals surface area contributed by atoms with Crippen LogP contribution in [0.15, 0.2) is 4.99 Å². The van der Waals surface area contributed by atoms with E-state index in [1.807, 2.05) is 0 Å². The van der Waals surface area contributed by atoms with Crippen molar-refractivity contribution in [2.75, 3.05) is 33.2 Å². The SMILES string of the molecule is CCC[C@H](NC(=O)[C@@H](NC(=O)[C@H](NC(=O)[C@H](CCC(N)=O)NC(=O)CNC(=O)CN(C)C(C)=O)[C@@H](C)CC)[C@@H](C)O)C(=O)N[C@H](C(=O)N[C@@H](CCCN=C(N)N)C(=O)N1CCC[C@H]1C(=O)N[C@H](C)C(N)=O)[C@@H](C)CC. The first-order valence-electron chi connectivity index (χ1n) is 25.3. The Morgan fingerprint density at radius 2 is 1.19 bits per heavy atom. The summed E-state index contributed by atoms with van der Waals surface area (Å²) in [5, 5.41) is 31.1. The van der Waals surface area contributed by atoms with E-state index < -0.39 is 144 Å². The van der Waals surface area contributed by atoms with Crippen LogP contribution in [0.3, 0.4) is 0 Å². The summed E-state index contributed by atoms with van der Waals surface area (Å²) < 4.78 is 0. The van der Waals surface area contributed by atoms with Crippen molar-refractivity contribution in [1.29, 1.82) is 0 Å². The van der Waals surface area contributed by atoms with Crippen LogP contribution in [0.5, 0.6) is 0 Å². The number of rotatable bonds is 33. The highest BCUT2D eigenvalue weighted by Crippen LogP contribution is 2.21. The molecule has 0 spiro atoms. The first-order valence-corrected chi connectivity index (χ1v) is 25.3. The molecule has 17 N–H and O–H groups in total. The number of aliphatic imine (C=N–C) groups is 1.